The summed E-state index contributed by atoms with van der Waals surface area (Å²) in [6.07, 6.45) is 1.53. The molecule has 1 aliphatic carbocycles. The normalized spacial score (nSPS) is 29.6. The van der Waals surface area contributed by atoms with Crippen molar-refractivity contribution in [2.75, 3.05) is 19.6 Å². The third-order valence-corrected chi connectivity index (χ3v) is 4.91. The Balaban J connectivity index is 2.04. The molecule has 8 heteroatoms. The van der Waals surface area contributed by atoms with E-state index in [4.69, 9.17) is 4.74 Å². The molecule has 24 heavy (non-hydrogen) atoms. The van der Waals surface area contributed by atoms with Gasteiger partial charge < -0.3 is 4.74 Å². The Labute approximate surface area is 139 Å². The van der Waals surface area contributed by atoms with Gasteiger partial charge in [0.2, 0.25) is 5.54 Å². The van der Waals surface area contributed by atoms with Crippen LogP contribution in [0.25, 0.3) is 0 Å². The number of nitrogens with zero attached hydrogens (tertiary/aromatic N) is 3. The third kappa shape index (κ3) is 2.52. The van der Waals surface area contributed by atoms with E-state index in [1.165, 1.54) is 6.08 Å². The Morgan fingerprint density at radius 3 is 2.46 bits per heavy atom. The summed E-state index contributed by atoms with van der Waals surface area (Å²) in [6, 6.07) is 8.80. The minimum atomic E-state index is -1.59. The molecule has 0 aromatic heterocycles. The van der Waals surface area contributed by atoms with E-state index >= 15 is 0 Å². The lowest BCUT2D eigenvalue weighted by molar-refractivity contribution is -0.623. The molecule has 1 aromatic rings. The summed E-state index contributed by atoms with van der Waals surface area (Å²) in [5.41, 5.74) is -2.92. The highest BCUT2D eigenvalue weighted by Gasteiger charge is 2.66. The van der Waals surface area contributed by atoms with Crippen molar-refractivity contribution in [1.82, 2.24) is 4.90 Å². The van der Waals surface area contributed by atoms with Gasteiger partial charge in [-0.15, -0.1) is 0 Å². The number of likely N-dealkylation sites (tertiary alicyclic amines) is 1. The predicted molar refractivity (Wildman–Crippen MR) is 86.0 cm³/mol. The molecule has 0 radical (unpaired) electrons. The van der Waals surface area contributed by atoms with E-state index in [9.17, 15) is 20.2 Å². The first-order valence-corrected chi connectivity index (χ1v) is 7.87. The zero-order chi connectivity index (χ0) is 17.4. The molecule has 8 nitrogen and oxygen atoms in total. The molecule has 0 N–H and O–H groups in total. The number of piperidine rings is 1. The fraction of sp³-hybridized carbons (Fsp3) is 0.500. The van der Waals surface area contributed by atoms with E-state index in [1.807, 2.05) is 13.0 Å². The number of benzene rings is 1. The van der Waals surface area contributed by atoms with Crippen LogP contribution in [0.2, 0.25) is 0 Å². The number of likely N-dealkylation sites (N-methyl/N-ethyl adjacent to an activating group) is 1. The standard InChI is InChI=1S/C16H19N3O5/c1-2-17-11-15(18(20)21)9-8-14(16(10-15,12-17)19(22)23)24-13-6-4-3-5-7-13/h3-8H,2,9-12H2,1H3/t15-,16+/m0/s1. The zero-order valence-corrected chi connectivity index (χ0v) is 13.4. The fourth-order valence-corrected chi connectivity index (χ4v) is 3.66. The van der Waals surface area contributed by atoms with Crippen molar-refractivity contribution in [2.45, 2.75) is 30.8 Å². The van der Waals surface area contributed by atoms with Crippen LogP contribution in [0.3, 0.4) is 0 Å². The van der Waals surface area contributed by atoms with Crippen LogP contribution in [0.5, 0.6) is 5.75 Å². The summed E-state index contributed by atoms with van der Waals surface area (Å²) in [4.78, 5) is 24.6. The van der Waals surface area contributed by atoms with Crippen LogP contribution in [-0.4, -0.2) is 45.5 Å². The Morgan fingerprint density at radius 1 is 1.17 bits per heavy atom. The monoisotopic (exact) mass is 333 g/mol. The summed E-state index contributed by atoms with van der Waals surface area (Å²) < 4.78 is 5.79. The van der Waals surface area contributed by atoms with Crippen molar-refractivity contribution in [3.05, 3.63) is 62.4 Å². The van der Waals surface area contributed by atoms with Crippen LogP contribution in [0.1, 0.15) is 19.8 Å². The van der Waals surface area contributed by atoms with Crippen LogP contribution in [0.4, 0.5) is 0 Å². The average molecular weight is 333 g/mol. The van der Waals surface area contributed by atoms with Gasteiger partial charge in [-0.1, -0.05) is 25.1 Å². The van der Waals surface area contributed by atoms with E-state index < -0.39 is 16.0 Å². The predicted octanol–water partition coefficient (Wildman–Crippen LogP) is 2.11. The smallest absolute Gasteiger partial charge is 0.297 e. The van der Waals surface area contributed by atoms with Crippen molar-refractivity contribution in [3.8, 4) is 5.75 Å². The molecular formula is C16H19N3O5. The van der Waals surface area contributed by atoms with Gasteiger partial charge in [0, 0.05) is 16.3 Å². The lowest BCUT2D eigenvalue weighted by Gasteiger charge is -2.45. The van der Waals surface area contributed by atoms with Gasteiger partial charge in [-0.2, -0.15) is 0 Å². The summed E-state index contributed by atoms with van der Waals surface area (Å²) in [6.45, 7) is 2.71. The molecule has 0 unspecified atom stereocenters. The first-order valence-electron chi connectivity index (χ1n) is 7.87. The van der Waals surface area contributed by atoms with Gasteiger partial charge in [-0.3, -0.25) is 25.1 Å². The van der Waals surface area contributed by atoms with Gasteiger partial charge in [0.25, 0.3) is 5.54 Å². The highest BCUT2D eigenvalue weighted by molar-refractivity contribution is 5.30. The van der Waals surface area contributed by atoms with Gasteiger partial charge >= 0.3 is 0 Å². The van der Waals surface area contributed by atoms with Gasteiger partial charge in [0.15, 0.2) is 5.76 Å². The van der Waals surface area contributed by atoms with E-state index in [-0.39, 0.29) is 36.6 Å². The highest BCUT2D eigenvalue weighted by atomic mass is 16.6. The fourth-order valence-electron chi connectivity index (χ4n) is 3.66. The minimum Gasteiger partial charge on any atom is -0.454 e. The molecule has 2 atom stereocenters. The highest BCUT2D eigenvalue weighted by Crippen LogP contribution is 2.44. The number of hydrogen-bond donors (Lipinski definition) is 0. The van der Waals surface area contributed by atoms with Gasteiger partial charge in [-0.25, -0.2) is 0 Å². The molecule has 1 saturated heterocycles. The van der Waals surface area contributed by atoms with Crippen LogP contribution in [-0.2, 0) is 0 Å². The molecule has 2 aliphatic rings. The second kappa shape index (κ2) is 5.86. The van der Waals surface area contributed by atoms with Gasteiger partial charge in [0.05, 0.1) is 19.5 Å². The second-order valence-corrected chi connectivity index (χ2v) is 6.44. The summed E-state index contributed by atoms with van der Waals surface area (Å²) in [5, 5.41) is 23.6. The molecule has 128 valence electrons. The van der Waals surface area contributed by atoms with Crippen LogP contribution in [0, 0.1) is 20.2 Å². The molecular weight excluding hydrogens is 314 g/mol. The van der Waals surface area contributed by atoms with E-state index in [0.29, 0.717) is 12.3 Å². The molecule has 1 aliphatic heterocycles. The Hall–Kier alpha value is -2.48. The Kier molecular flexibility index (Phi) is 4.00. The topological polar surface area (TPSA) is 98.8 Å². The lowest BCUT2D eigenvalue weighted by atomic mass is 9.71. The zero-order valence-electron chi connectivity index (χ0n) is 13.4. The molecule has 0 saturated carbocycles. The second-order valence-electron chi connectivity index (χ2n) is 6.44. The summed E-state index contributed by atoms with van der Waals surface area (Å²) in [7, 11) is 0. The molecule has 1 heterocycles. The number of hydrogen-bond acceptors (Lipinski definition) is 6. The summed E-state index contributed by atoms with van der Waals surface area (Å²) in [5.74, 6) is 0.696. The number of nitro groups is 2. The first kappa shape index (κ1) is 16.4. The van der Waals surface area contributed by atoms with Gasteiger partial charge in [-0.05, 0) is 24.8 Å². The summed E-state index contributed by atoms with van der Waals surface area (Å²) >= 11 is 0. The van der Waals surface area contributed by atoms with Crippen LogP contribution >= 0.6 is 0 Å². The number of ether oxygens (including phenoxy) is 1. The van der Waals surface area contributed by atoms with Crippen molar-refractivity contribution >= 4 is 0 Å². The lowest BCUT2D eigenvalue weighted by Crippen LogP contribution is -2.67. The van der Waals surface area contributed by atoms with Crippen molar-refractivity contribution in [2.24, 2.45) is 0 Å². The maximum atomic E-state index is 11.9. The largest absolute Gasteiger partial charge is 0.454 e. The molecule has 2 bridgehead atoms. The minimum absolute atomic E-state index is 0.116. The Morgan fingerprint density at radius 2 is 1.88 bits per heavy atom. The van der Waals surface area contributed by atoms with Crippen molar-refractivity contribution in [1.29, 1.82) is 0 Å². The third-order valence-electron chi connectivity index (χ3n) is 4.91. The molecule has 0 spiro atoms. The van der Waals surface area contributed by atoms with Crippen LogP contribution < -0.4 is 4.74 Å². The Bertz CT molecular complexity index is 692. The van der Waals surface area contributed by atoms with Crippen molar-refractivity contribution < 1.29 is 14.6 Å². The first-order chi connectivity index (χ1) is 11.4. The number of rotatable bonds is 5. The van der Waals surface area contributed by atoms with E-state index in [1.54, 1.807) is 29.2 Å². The molecule has 0 amide bonds. The molecule has 1 aromatic carbocycles. The van der Waals surface area contributed by atoms with Crippen LogP contribution in [0.15, 0.2) is 42.2 Å². The average Bonchev–Trinajstić information content (AvgIpc) is 2.58. The maximum absolute atomic E-state index is 11.9. The number of fused-ring (bicyclic) bond motifs is 2. The van der Waals surface area contributed by atoms with Crippen molar-refractivity contribution in [3.63, 3.8) is 0 Å². The van der Waals surface area contributed by atoms with Gasteiger partial charge in [0.1, 0.15) is 5.75 Å². The van der Waals surface area contributed by atoms with E-state index in [0.717, 1.165) is 0 Å². The molecule has 3 rings (SSSR count). The quantitative estimate of drug-likeness (QED) is 0.604. The number of para-hydroxylation sites is 1. The molecule has 1 fully saturated rings. The maximum Gasteiger partial charge on any atom is 0.297 e. The SMILES string of the molecule is CCN1C[C@]2([N+](=O)[O-])CC=C(Oc3ccccc3)[C@]([N+](=O)[O-])(C1)C2. The van der Waals surface area contributed by atoms with E-state index in [2.05, 4.69) is 0 Å².